The third kappa shape index (κ3) is 4.23. The van der Waals surface area contributed by atoms with Gasteiger partial charge in [0.1, 0.15) is 17.8 Å². The summed E-state index contributed by atoms with van der Waals surface area (Å²) in [6.07, 6.45) is 1.57. The third-order valence-electron chi connectivity index (χ3n) is 4.67. The van der Waals surface area contributed by atoms with E-state index in [1.807, 2.05) is 31.2 Å². The van der Waals surface area contributed by atoms with E-state index < -0.39 is 22.5 Å². The zero-order valence-corrected chi connectivity index (χ0v) is 17.3. The van der Waals surface area contributed by atoms with E-state index in [2.05, 4.69) is 4.98 Å². The summed E-state index contributed by atoms with van der Waals surface area (Å²) in [7, 11) is -1.31. The molecule has 0 atom stereocenters. The van der Waals surface area contributed by atoms with Gasteiger partial charge in [0.2, 0.25) is 10.0 Å². The highest BCUT2D eigenvalue weighted by Gasteiger charge is 2.30. The van der Waals surface area contributed by atoms with E-state index in [4.69, 9.17) is 9.47 Å². The van der Waals surface area contributed by atoms with Crippen LogP contribution in [0.2, 0.25) is 0 Å². The van der Waals surface area contributed by atoms with Gasteiger partial charge in [-0.1, -0.05) is 24.3 Å². The first-order valence-electron chi connectivity index (χ1n) is 8.91. The fourth-order valence-corrected chi connectivity index (χ4v) is 4.61. The van der Waals surface area contributed by atoms with Gasteiger partial charge in [0.25, 0.3) is 0 Å². The fraction of sp³-hybridized carbons (Fsp3) is 0.238. The summed E-state index contributed by atoms with van der Waals surface area (Å²) in [6.45, 7) is 1.53. The summed E-state index contributed by atoms with van der Waals surface area (Å²) in [5, 5.41) is 0.423. The van der Waals surface area contributed by atoms with Crippen molar-refractivity contribution in [1.29, 1.82) is 0 Å². The number of methoxy groups -OCH3 is 2. The van der Waals surface area contributed by atoms with Crippen LogP contribution in [0.4, 0.5) is 0 Å². The lowest BCUT2D eigenvalue weighted by Gasteiger charge is -2.23. The second-order valence-corrected chi connectivity index (χ2v) is 8.35. The quantitative estimate of drug-likeness (QED) is 0.553. The van der Waals surface area contributed by atoms with E-state index >= 15 is 0 Å². The van der Waals surface area contributed by atoms with Crippen molar-refractivity contribution in [1.82, 2.24) is 9.29 Å². The van der Waals surface area contributed by atoms with E-state index in [1.54, 1.807) is 24.4 Å². The number of rotatable bonds is 7. The van der Waals surface area contributed by atoms with Gasteiger partial charge >= 0.3 is 5.97 Å². The number of aromatic nitrogens is 1. The van der Waals surface area contributed by atoms with E-state index in [1.165, 1.54) is 20.3 Å². The molecular weight excluding hydrogens is 392 g/mol. The average molecular weight is 414 g/mol. The number of hydrogen-bond acceptors (Lipinski definition) is 6. The molecule has 2 aromatic carbocycles. The molecule has 1 heterocycles. The van der Waals surface area contributed by atoms with Crippen molar-refractivity contribution in [3.8, 4) is 5.75 Å². The van der Waals surface area contributed by atoms with E-state index in [0.29, 0.717) is 16.7 Å². The van der Waals surface area contributed by atoms with Gasteiger partial charge in [0, 0.05) is 18.1 Å². The molecule has 152 valence electrons. The van der Waals surface area contributed by atoms with E-state index in [0.717, 1.165) is 15.4 Å². The van der Waals surface area contributed by atoms with Gasteiger partial charge in [0.15, 0.2) is 0 Å². The number of nitrogens with zero attached hydrogens (tertiary/aromatic N) is 2. The van der Waals surface area contributed by atoms with Crippen molar-refractivity contribution in [2.24, 2.45) is 0 Å². The van der Waals surface area contributed by atoms with E-state index in [9.17, 15) is 13.2 Å². The Balaban J connectivity index is 2.13. The molecule has 29 heavy (non-hydrogen) atoms. The topological polar surface area (TPSA) is 85.8 Å². The average Bonchev–Trinajstić information content (AvgIpc) is 2.73. The molecule has 3 aromatic rings. The fourth-order valence-electron chi connectivity index (χ4n) is 3.06. The predicted octanol–water partition coefficient (Wildman–Crippen LogP) is 2.92. The van der Waals surface area contributed by atoms with Gasteiger partial charge in [-0.3, -0.25) is 9.78 Å². The Hall–Kier alpha value is -2.97. The molecule has 0 saturated carbocycles. The van der Waals surface area contributed by atoms with Gasteiger partial charge in [-0.25, -0.2) is 8.42 Å². The molecule has 8 heteroatoms. The first-order valence-corrected chi connectivity index (χ1v) is 10.4. The number of ether oxygens (including phenoxy) is 2. The van der Waals surface area contributed by atoms with Crippen LogP contribution in [0.25, 0.3) is 10.9 Å². The van der Waals surface area contributed by atoms with Crippen LogP contribution in [-0.2, 0) is 26.1 Å². The number of hydrogen-bond donors (Lipinski definition) is 0. The van der Waals surface area contributed by atoms with Gasteiger partial charge in [-0.05, 0) is 42.3 Å². The first-order chi connectivity index (χ1) is 13.9. The van der Waals surface area contributed by atoms with Gasteiger partial charge < -0.3 is 9.47 Å². The molecule has 0 spiro atoms. The van der Waals surface area contributed by atoms with Crippen LogP contribution in [-0.4, -0.2) is 44.4 Å². The molecule has 0 saturated heterocycles. The van der Waals surface area contributed by atoms with Crippen LogP contribution in [0, 0.1) is 6.92 Å². The Morgan fingerprint density at radius 2 is 1.83 bits per heavy atom. The molecule has 1 aromatic heterocycles. The zero-order valence-electron chi connectivity index (χ0n) is 16.5. The highest BCUT2D eigenvalue weighted by Crippen LogP contribution is 2.31. The lowest BCUT2D eigenvalue weighted by atomic mass is 10.1. The number of esters is 1. The number of carbonyl (C=O) groups excluding carboxylic acids is 1. The molecule has 3 rings (SSSR count). The highest BCUT2D eigenvalue weighted by atomic mass is 32.2. The van der Waals surface area contributed by atoms with Crippen molar-refractivity contribution in [2.45, 2.75) is 18.4 Å². The van der Waals surface area contributed by atoms with Crippen LogP contribution in [0.1, 0.15) is 11.1 Å². The van der Waals surface area contributed by atoms with Crippen molar-refractivity contribution >= 4 is 26.9 Å². The maximum Gasteiger partial charge on any atom is 0.321 e. The molecule has 0 aliphatic heterocycles. The second kappa shape index (κ2) is 8.59. The Labute approximate surface area is 169 Å². The summed E-state index contributed by atoms with van der Waals surface area (Å²) in [5.41, 5.74) is 2.17. The van der Waals surface area contributed by atoms with Crippen LogP contribution in [0.15, 0.2) is 59.6 Å². The number of carbonyl (C=O) groups is 1. The molecule has 0 N–H and O–H groups in total. The lowest BCUT2D eigenvalue weighted by molar-refractivity contribution is -0.140. The molecule has 0 amide bonds. The summed E-state index contributed by atoms with van der Waals surface area (Å²) in [4.78, 5) is 16.3. The Morgan fingerprint density at radius 3 is 2.52 bits per heavy atom. The lowest BCUT2D eigenvalue weighted by Crippen LogP contribution is -2.36. The Bertz CT molecular complexity index is 1140. The Kier molecular flexibility index (Phi) is 6.14. The van der Waals surface area contributed by atoms with Crippen molar-refractivity contribution in [3.05, 3.63) is 65.9 Å². The van der Waals surface area contributed by atoms with Crippen molar-refractivity contribution in [2.75, 3.05) is 20.8 Å². The summed E-state index contributed by atoms with van der Waals surface area (Å²) >= 11 is 0. The minimum absolute atomic E-state index is 0.0396. The summed E-state index contributed by atoms with van der Waals surface area (Å²) in [5.74, 6) is -0.170. The zero-order chi connectivity index (χ0) is 21.0. The molecule has 0 radical (unpaired) electrons. The standard InChI is InChI=1S/C21H22N2O5S/c1-15-7-4-5-8-16(15)13-23(14-20(24)28-3)29(25,26)19-11-10-18(27-2)21-17(19)9-6-12-22-21/h4-12H,13-14H2,1-3H3. The normalized spacial score (nSPS) is 11.6. The highest BCUT2D eigenvalue weighted by molar-refractivity contribution is 7.89. The number of benzene rings is 2. The van der Waals surface area contributed by atoms with Crippen LogP contribution < -0.4 is 4.74 Å². The van der Waals surface area contributed by atoms with Gasteiger partial charge in [-0.2, -0.15) is 4.31 Å². The smallest absolute Gasteiger partial charge is 0.321 e. The van der Waals surface area contributed by atoms with Crippen LogP contribution >= 0.6 is 0 Å². The molecule has 0 aliphatic rings. The molecule has 0 unspecified atom stereocenters. The maximum absolute atomic E-state index is 13.6. The molecule has 7 nitrogen and oxygen atoms in total. The Morgan fingerprint density at radius 1 is 1.07 bits per heavy atom. The monoisotopic (exact) mass is 414 g/mol. The SMILES string of the molecule is COC(=O)CN(Cc1ccccc1C)S(=O)(=O)c1ccc(OC)c2ncccc12. The minimum atomic E-state index is -4.04. The number of fused-ring (bicyclic) bond motifs is 1. The number of pyridine rings is 1. The van der Waals surface area contributed by atoms with Gasteiger partial charge in [0.05, 0.1) is 19.1 Å². The molecule has 0 aliphatic carbocycles. The second-order valence-electron chi connectivity index (χ2n) is 6.44. The molecule has 0 bridgehead atoms. The van der Waals surface area contributed by atoms with E-state index in [-0.39, 0.29) is 11.4 Å². The largest absolute Gasteiger partial charge is 0.494 e. The summed E-state index contributed by atoms with van der Waals surface area (Å²) < 4.78 is 38.3. The predicted molar refractivity (Wildman–Crippen MR) is 109 cm³/mol. The third-order valence-corrected chi connectivity index (χ3v) is 6.52. The van der Waals surface area contributed by atoms with Crippen LogP contribution in [0.5, 0.6) is 5.75 Å². The van der Waals surface area contributed by atoms with Crippen molar-refractivity contribution < 1.29 is 22.7 Å². The number of sulfonamides is 1. The number of aryl methyl sites for hydroxylation is 1. The summed E-state index contributed by atoms with van der Waals surface area (Å²) in [6, 6.07) is 13.8. The minimum Gasteiger partial charge on any atom is -0.494 e. The first kappa shape index (κ1) is 20.8. The van der Waals surface area contributed by atoms with Crippen molar-refractivity contribution in [3.63, 3.8) is 0 Å². The van der Waals surface area contributed by atoms with Gasteiger partial charge in [-0.15, -0.1) is 0 Å². The molecule has 0 fully saturated rings. The van der Waals surface area contributed by atoms with Crippen LogP contribution in [0.3, 0.4) is 0 Å². The maximum atomic E-state index is 13.6. The molecular formula is C21H22N2O5S.